The molecule has 0 saturated carbocycles. The summed E-state index contributed by atoms with van der Waals surface area (Å²) in [5, 5.41) is 21.1. The zero-order valence-corrected chi connectivity index (χ0v) is 21.4. The highest BCUT2D eigenvalue weighted by Gasteiger charge is 2.38. The Morgan fingerprint density at radius 3 is 2.51 bits per heavy atom. The number of aryl methyl sites for hydroxylation is 1. The maximum absolute atomic E-state index is 13.0. The van der Waals surface area contributed by atoms with Crippen molar-refractivity contribution in [3.8, 4) is 28.7 Å². The first-order chi connectivity index (χ1) is 16.5. The van der Waals surface area contributed by atoms with Crippen LogP contribution in [0, 0.1) is 11.3 Å². The fourth-order valence-corrected chi connectivity index (χ4v) is 5.29. The van der Waals surface area contributed by atoms with Crippen molar-refractivity contribution >= 4 is 17.5 Å². The number of nitrogens with zero attached hydrogens (tertiary/aromatic N) is 3. The maximum atomic E-state index is 13.0. The van der Waals surface area contributed by atoms with E-state index in [1.54, 1.807) is 35.1 Å². The lowest BCUT2D eigenvalue weighted by atomic mass is 9.79. The third kappa shape index (κ3) is 5.67. The minimum absolute atomic E-state index is 0.0526. The molecular formula is C27H30ClN5O2. The Balaban J connectivity index is 1.52. The lowest BCUT2D eigenvalue weighted by molar-refractivity contribution is 0.0873. The van der Waals surface area contributed by atoms with E-state index in [4.69, 9.17) is 16.3 Å². The van der Waals surface area contributed by atoms with Crippen molar-refractivity contribution in [2.75, 3.05) is 0 Å². The smallest absolute Gasteiger partial charge is 0.251 e. The molecule has 1 saturated heterocycles. The highest BCUT2D eigenvalue weighted by molar-refractivity contribution is 6.32. The molecule has 0 aliphatic carbocycles. The summed E-state index contributed by atoms with van der Waals surface area (Å²) in [4.78, 5) is 13.0. The van der Waals surface area contributed by atoms with E-state index >= 15 is 0 Å². The van der Waals surface area contributed by atoms with Crippen LogP contribution in [0.4, 0.5) is 0 Å². The fourth-order valence-electron chi connectivity index (χ4n) is 5.07. The summed E-state index contributed by atoms with van der Waals surface area (Å²) < 4.78 is 7.69. The third-order valence-electron chi connectivity index (χ3n) is 6.09. The molecule has 1 amide bonds. The molecule has 0 unspecified atom stereocenters. The van der Waals surface area contributed by atoms with Gasteiger partial charge in [-0.2, -0.15) is 10.4 Å². The van der Waals surface area contributed by atoms with Gasteiger partial charge in [-0.3, -0.25) is 9.48 Å². The Morgan fingerprint density at radius 2 is 1.91 bits per heavy atom. The molecule has 2 N–H and O–H groups in total. The van der Waals surface area contributed by atoms with Crippen molar-refractivity contribution in [3.05, 3.63) is 64.9 Å². The molecule has 1 aliphatic heterocycles. The van der Waals surface area contributed by atoms with Crippen molar-refractivity contribution in [1.29, 1.82) is 5.26 Å². The minimum atomic E-state index is -0.173. The van der Waals surface area contributed by atoms with E-state index < -0.39 is 0 Å². The zero-order valence-electron chi connectivity index (χ0n) is 20.6. The molecule has 2 aromatic carbocycles. The molecule has 2 heterocycles. The third-order valence-corrected chi connectivity index (χ3v) is 6.39. The number of carbonyl (C=O) groups excluding carboxylic acids is 1. The summed E-state index contributed by atoms with van der Waals surface area (Å²) in [6.45, 7) is 8.59. The van der Waals surface area contributed by atoms with Crippen LogP contribution in [0.1, 0.15) is 56.5 Å². The molecule has 0 bridgehead atoms. The molecule has 4 rings (SSSR count). The van der Waals surface area contributed by atoms with Gasteiger partial charge in [-0.25, -0.2) is 0 Å². The van der Waals surface area contributed by atoms with Crippen LogP contribution in [0.3, 0.4) is 0 Å². The van der Waals surface area contributed by atoms with Gasteiger partial charge in [-0.15, -0.1) is 0 Å². The SMILES string of the molecule is Cn1cc(-c2cccc(Oc3ccc(C(=O)NC4CC(C)(C)NC(C)(C)C4)cc3Cl)c2C#N)cn1. The minimum Gasteiger partial charge on any atom is -0.454 e. The first-order valence-electron chi connectivity index (χ1n) is 11.6. The topological polar surface area (TPSA) is 92.0 Å². The Bertz CT molecular complexity index is 1290. The summed E-state index contributed by atoms with van der Waals surface area (Å²) in [5.74, 6) is 0.576. The summed E-state index contributed by atoms with van der Waals surface area (Å²) >= 11 is 6.50. The predicted molar refractivity (Wildman–Crippen MR) is 137 cm³/mol. The number of rotatable bonds is 5. The van der Waals surface area contributed by atoms with Gasteiger partial charge in [-0.05, 0) is 64.8 Å². The van der Waals surface area contributed by atoms with Crippen LogP contribution in [-0.2, 0) is 7.05 Å². The van der Waals surface area contributed by atoms with Crippen molar-refractivity contribution in [1.82, 2.24) is 20.4 Å². The molecule has 182 valence electrons. The number of amides is 1. The Morgan fingerprint density at radius 1 is 1.20 bits per heavy atom. The number of halogens is 1. The molecule has 35 heavy (non-hydrogen) atoms. The quantitative estimate of drug-likeness (QED) is 0.495. The number of benzene rings is 2. The first-order valence-corrected chi connectivity index (χ1v) is 11.9. The Labute approximate surface area is 211 Å². The number of nitriles is 1. The number of nitrogens with one attached hydrogen (secondary N) is 2. The van der Waals surface area contributed by atoms with Crippen molar-refractivity contribution in [2.24, 2.45) is 7.05 Å². The standard InChI is InChI=1S/C27H30ClN5O2/c1-26(2)12-19(13-27(3,4)32-26)31-25(34)17-9-10-24(22(28)11-17)35-23-8-6-7-20(21(23)14-29)18-15-30-33(5)16-18/h6-11,15-16,19,32H,12-13H2,1-5H3,(H,31,34). The van der Waals surface area contributed by atoms with Crippen LogP contribution in [0.2, 0.25) is 5.02 Å². The molecule has 3 aromatic rings. The second kappa shape index (κ2) is 9.37. The largest absolute Gasteiger partial charge is 0.454 e. The molecule has 1 fully saturated rings. The van der Waals surface area contributed by atoms with Gasteiger partial charge in [0.25, 0.3) is 5.91 Å². The van der Waals surface area contributed by atoms with Crippen LogP contribution in [0.15, 0.2) is 48.8 Å². The number of hydrogen-bond acceptors (Lipinski definition) is 5. The highest BCUT2D eigenvalue weighted by Crippen LogP contribution is 2.36. The van der Waals surface area contributed by atoms with E-state index in [9.17, 15) is 10.1 Å². The van der Waals surface area contributed by atoms with Gasteiger partial charge in [-0.1, -0.05) is 23.7 Å². The maximum Gasteiger partial charge on any atom is 0.251 e. The summed E-state index contributed by atoms with van der Waals surface area (Å²) in [7, 11) is 1.82. The Kier molecular flexibility index (Phi) is 6.63. The fraction of sp³-hybridized carbons (Fsp3) is 0.370. The van der Waals surface area contributed by atoms with E-state index in [0.717, 1.165) is 24.0 Å². The molecule has 8 heteroatoms. The van der Waals surface area contributed by atoms with E-state index in [1.165, 1.54) is 0 Å². The molecule has 0 atom stereocenters. The van der Waals surface area contributed by atoms with Crippen LogP contribution < -0.4 is 15.4 Å². The number of piperidine rings is 1. The van der Waals surface area contributed by atoms with Crippen LogP contribution >= 0.6 is 11.6 Å². The van der Waals surface area contributed by atoms with Crippen LogP contribution in [0.5, 0.6) is 11.5 Å². The molecule has 0 spiro atoms. The molecule has 1 aromatic heterocycles. The van der Waals surface area contributed by atoms with Crippen molar-refractivity contribution in [2.45, 2.75) is 57.7 Å². The van der Waals surface area contributed by atoms with Crippen molar-refractivity contribution in [3.63, 3.8) is 0 Å². The monoisotopic (exact) mass is 491 g/mol. The Hall–Kier alpha value is -3.34. The summed E-state index contributed by atoms with van der Waals surface area (Å²) in [6.07, 6.45) is 5.21. The average molecular weight is 492 g/mol. The van der Waals surface area contributed by atoms with Gasteiger partial charge in [0.15, 0.2) is 0 Å². The number of carbonyl (C=O) groups is 1. The van der Waals surface area contributed by atoms with Gasteiger partial charge in [0, 0.05) is 47.1 Å². The molecule has 0 radical (unpaired) electrons. The predicted octanol–water partition coefficient (Wildman–Crippen LogP) is 5.44. The number of aromatic nitrogens is 2. The molecule has 1 aliphatic rings. The zero-order chi connectivity index (χ0) is 25.4. The normalized spacial score (nSPS) is 16.9. The highest BCUT2D eigenvalue weighted by atomic mass is 35.5. The number of ether oxygens (including phenoxy) is 1. The molecule has 7 nitrogen and oxygen atoms in total. The van der Waals surface area contributed by atoms with E-state index in [1.807, 2.05) is 25.4 Å². The van der Waals surface area contributed by atoms with Gasteiger partial charge in [0.1, 0.15) is 23.1 Å². The first kappa shape index (κ1) is 24.8. The molecular weight excluding hydrogens is 462 g/mol. The second-order valence-electron chi connectivity index (χ2n) is 10.4. The van der Waals surface area contributed by atoms with Crippen molar-refractivity contribution < 1.29 is 9.53 Å². The van der Waals surface area contributed by atoms with Gasteiger partial charge < -0.3 is 15.4 Å². The van der Waals surface area contributed by atoms with Gasteiger partial charge in [0.2, 0.25) is 0 Å². The van der Waals surface area contributed by atoms with Crippen LogP contribution in [-0.4, -0.2) is 32.8 Å². The van der Waals surface area contributed by atoms with Crippen LogP contribution in [0.25, 0.3) is 11.1 Å². The van der Waals surface area contributed by atoms with Gasteiger partial charge >= 0.3 is 0 Å². The number of hydrogen-bond donors (Lipinski definition) is 2. The lowest BCUT2D eigenvalue weighted by Gasteiger charge is -2.46. The van der Waals surface area contributed by atoms with E-state index in [2.05, 4.69) is 49.5 Å². The average Bonchev–Trinajstić information content (AvgIpc) is 3.18. The van der Waals surface area contributed by atoms with Gasteiger partial charge in [0.05, 0.1) is 11.2 Å². The van der Waals surface area contributed by atoms with E-state index in [-0.39, 0.29) is 23.0 Å². The van der Waals surface area contributed by atoms with E-state index in [0.29, 0.717) is 27.6 Å². The second-order valence-corrected chi connectivity index (χ2v) is 10.8. The summed E-state index contributed by atoms with van der Waals surface area (Å²) in [5.41, 5.74) is 2.24. The lowest BCUT2D eigenvalue weighted by Crippen LogP contribution is -2.62. The summed E-state index contributed by atoms with van der Waals surface area (Å²) in [6, 6.07) is 12.6.